The monoisotopic (exact) mass is 484 g/mol. The minimum Gasteiger partial charge on any atom is -0.464 e. The van der Waals surface area contributed by atoms with Gasteiger partial charge in [-0.3, -0.25) is 20.2 Å². The van der Waals surface area contributed by atoms with Gasteiger partial charge in [0.2, 0.25) is 11.4 Å². The summed E-state index contributed by atoms with van der Waals surface area (Å²) >= 11 is 1.88. The number of methoxy groups -OCH3 is 2. The number of anilines is 2. The molecule has 2 aromatic heterocycles. The van der Waals surface area contributed by atoms with E-state index in [1.54, 1.807) is 0 Å². The van der Waals surface area contributed by atoms with Gasteiger partial charge in [0.15, 0.2) is 10.3 Å². The molecule has 0 fully saturated rings. The first-order chi connectivity index (χ1) is 15.3. The third-order valence-corrected chi connectivity index (χ3v) is 4.78. The van der Waals surface area contributed by atoms with Crippen LogP contribution in [0, 0.1) is 0 Å². The molecule has 0 saturated carbocycles. The van der Waals surface area contributed by atoms with E-state index in [9.17, 15) is 19.2 Å². The van der Waals surface area contributed by atoms with E-state index < -0.39 is 23.8 Å². The summed E-state index contributed by atoms with van der Waals surface area (Å²) in [6.45, 7) is 0. The minimum absolute atomic E-state index is 0.0212. The first-order valence-corrected chi connectivity index (χ1v) is 10.0. The summed E-state index contributed by atoms with van der Waals surface area (Å²) in [7, 11) is 4.79. The van der Waals surface area contributed by atoms with Crippen LogP contribution >= 0.6 is 22.7 Å². The molecule has 2 aromatic rings. The molecule has 0 radical (unpaired) electrons. The van der Waals surface area contributed by atoms with E-state index in [0.29, 0.717) is 0 Å². The van der Waals surface area contributed by atoms with E-state index in [1.165, 1.54) is 25.0 Å². The first-order valence-electron chi connectivity index (χ1n) is 8.27. The largest absolute Gasteiger partial charge is 0.464 e. The van der Waals surface area contributed by atoms with Crippen LogP contribution in [0.2, 0.25) is 0 Å². The van der Waals surface area contributed by atoms with Gasteiger partial charge in [0.25, 0.3) is 0 Å². The molecule has 0 aliphatic heterocycles. The Labute approximate surface area is 188 Å². The summed E-state index contributed by atoms with van der Waals surface area (Å²) in [5, 5.41) is 14.5. The molecule has 0 atom stereocenters. The highest BCUT2D eigenvalue weighted by Crippen LogP contribution is 2.19. The molecule has 0 aliphatic rings. The molecular formula is C16H16N6O8S2. The quantitative estimate of drug-likeness (QED) is 0.228. The number of rotatable bonds is 8. The topological polar surface area (TPSA) is 180 Å². The maximum atomic E-state index is 12.2. The summed E-state index contributed by atoms with van der Waals surface area (Å²) in [5.74, 6) is -3.69. The Kier molecular flexibility index (Phi) is 8.72. The molecule has 0 unspecified atom stereocenters. The number of carbonyl (C=O) groups is 4. The molecule has 170 valence electrons. The summed E-state index contributed by atoms with van der Waals surface area (Å²) in [5.41, 5.74) is -0.273. The molecule has 16 heteroatoms. The fraction of sp³-hybridized carbons (Fsp3) is 0.250. The van der Waals surface area contributed by atoms with Gasteiger partial charge in [-0.2, -0.15) is 0 Å². The van der Waals surface area contributed by atoms with Gasteiger partial charge in [-0.25, -0.2) is 19.6 Å². The lowest BCUT2D eigenvalue weighted by Crippen LogP contribution is -2.29. The van der Waals surface area contributed by atoms with Crippen molar-refractivity contribution in [3.63, 3.8) is 0 Å². The van der Waals surface area contributed by atoms with Crippen molar-refractivity contribution in [2.75, 3.05) is 39.1 Å². The lowest BCUT2D eigenvalue weighted by Gasteiger charge is -2.02. The molecule has 0 saturated heterocycles. The van der Waals surface area contributed by atoms with Gasteiger partial charge in [-0.05, 0) is 0 Å². The van der Waals surface area contributed by atoms with Crippen molar-refractivity contribution >= 4 is 68.1 Å². The van der Waals surface area contributed by atoms with Crippen molar-refractivity contribution in [2.24, 2.45) is 10.3 Å². The molecule has 0 aliphatic carbocycles. The lowest BCUT2D eigenvalue weighted by molar-refractivity contribution is -0.133. The summed E-state index contributed by atoms with van der Waals surface area (Å²) < 4.78 is 9.17. The third kappa shape index (κ3) is 6.05. The number of esters is 2. The number of hydrogen-bond acceptors (Lipinski definition) is 14. The van der Waals surface area contributed by atoms with E-state index in [0.717, 1.165) is 36.9 Å². The molecule has 2 rings (SSSR count). The van der Waals surface area contributed by atoms with E-state index >= 15 is 0 Å². The Morgan fingerprint density at radius 2 is 1.12 bits per heavy atom. The van der Waals surface area contributed by atoms with Gasteiger partial charge in [-0.15, -0.1) is 22.7 Å². The Balaban J connectivity index is 2.07. The van der Waals surface area contributed by atoms with Gasteiger partial charge < -0.3 is 19.1 Å². The van der Waals surface area contributed by atoms with Gasteiger partial charge in [0, 0.05) is 10.8 Å². The zero-order chi connectivity index (χ0) is 23.7. The number of oxime groups is 2. The van der Waals surface area contributed by atoms with Crippen LogP contribution in [0.5, 0.6) is 0 Å². The van der Waals surface area contributed by atoms with Crippen molar-refractivity contribution in [1.82, 2.24) is 9.97 Å². The Morgan fingerprint density at radius 3 is 1.44 bits per heavy atom. The van der Waals surface area contributed by atoms with E-state index in [-0.39, 0.29) is 33.1 Å². The second-order valence-electron chi connectivity index (χ2n) is 5.21. The van der Waals surface area contributed by atoms with E-state index in [1.807, 2.05) is 0 Å². The Bertz CT molecular complexity index is 992. The predicted octanol–water partition coefficient (Wildman–Crippen LogP) is 0.224. The van der Waals surface area contributed by atoms with Crippen molar-refractivity contribution in [1.29, 1.82) is 0 Å². The zero-order valence-corrected chi connectivity index (χ0v) is 18.7. The smallest absolute Gasteiger partial charge is 0.362 e. The number of amides is 2. The normalized spacial score (nSPS) is 11.4. The lowest BCUT2D eigenvalue weighted by atomic mass is 10.3. The fourth-order valence-corrected chi connectivity index (χ4v) is 3.32. The number of ether oxygens (including phenoxy) is 2. The molecule has 2 amide bonds. The van der Waals surface area contributed by atoms with Crippen molar-refractivity contribution in [3.8, 4) is 0 Å². The molecule has 14 nitrogen and oxygen atoms in total. The second kappa shape index (κ2) is 11.5. The third-order valence-electron chi connectivity index (χ3n) is 3.26. The second-order valence-corrected chi connectivity index (χ2v) is 6.93. The maximum absolute atomic E-state index is 12.2. The number of carbonyl (C=O) groups excluding carboxylic acids is 4. The van der Waals surface area contributed by atoms with Gasteiger partial charge in [0.05, 0.1) is 14.2 Å². The molecule has 32 heavy (non-hydrogen) atoms. The van der Waals surface area contributed by atoms with Gasteiger partial charge in [-0.1, -0.05) is 10.3 Å². The highest BCUT2D eigenvalue weighted by molar-refractivity contribution is 7.14. The number of hydrogen-bond donors (Lipinski definition) is 2. The SMILES string of the molecule is CON=C(C(=O)OC)c1csc(NC(=O)C(=O)Nc2nc(C(=NOC)C(=O)OC)cs2)n1. The Morgan fingerprint density at radius 1 is 0.750 bits per heavy atom. The number of thiazole rings is 2. The van der Waals surface area contributed by atoms with Gasteiger partial charge in [0.1, 0.15) is 25.6 Å². The Hall–Kier alpha value is -3.92. The zero-order valence-electron chi connectivity index (χ0n) is 17.0. The number of nitrogens with one attached hydrogen (secondary N) is 2. The van der Waals surface area contributed by atoms with Crippen LogP contribution < -0.4 is 10.6 Å². The van der Waals surface area contributed by atoms with Crippen LogP contribution in [0.3, 0.4) is 0 Å². The highest BCUT2D eigenvalue weighted by atomic mass is 32.1. The van der Waals surface area contributed by atoms with Crippen molar-refractivity contribution in [2.45, 2.75) is 0 Å². The molecule has 0 bridgehead atoms. The van der Waals surface area contributed by atoms with Gasteiger partial charge >= 0.3 is 23.8 Å². The summed E-state index contributed by atoms with van der Waals surface area (Å²) in [4.78, 5) is 65.0. The van der Waals surface area contributed by atoms with Crippen LogP contribution in [0.1, 0.15) is 11.4 Å². The van der Waals surface area contributed by atoms with Crippen LogP contribution in [0.15, 0.2) is 21.1 Å². The maximum Gasteiger partial charge on any atom is 0.362 e. The van der Waals surface area contributed by atoms with Crippen molar-refractivity contribution < 1.29 is 38.3 Å². The highest BCUT2D eigenvalue weighted by Gasteiger charge is 2.23. The molecule has 2 heterocycles. The van der Waals surface area contributed by atoms with Crippen LogP contribution in [0.4, 0.5) is 10.3 Å². The summed E-state index contributed by atoms with van der Waals surface area (Å²) in [6, 6.07) is 0. The minimum atomic E-state index is -1.05. The molecular weight excluding hydrogens is 468 g/mol. The molecule has 2 N–H and O–H groups in total. The van der Waals surface area contributed by atoms with Crippen LogP contribution in [-0.2, 0) is 38.3 Å². The van der Waals surface area contributed by atoms with Crippen LogP contribution in [-0.4, -0.2) is 73.6 Å². The average molecular weight is 484 g/mol. The number of nitrogens with zero attached hydrogens (tertiary/aromatic N) is 4. The molecule has 0 spiro atoms. The standard InChI is InChI=1S/C16H16N6O8S2/c1-27-13(25)9(21-29-3)7-5-31-15(17-7)19-11(23)12(24)20-16-18-8(6-32-16)10(22-30-4)14(26)28-2/h5-6H,1-4H3,(H,17,19,23)(H,18,20,24). The first kappa shape index (κ1) is 24.4. The van der Waals surface area contributed by atoms with Crippen LogP contribution in [0.25, 0.3) is 0 Å². The number of aromatic nitrogens is 2. The molecule has 0 aromatic carbocycles. The van der Waals surface area contributed by atoms with Crippen molar-refractivity contribution in [3.05, 3.63) is 22.1 Å². The average Bonchev–Trinajstić information content (AvgIpc) is 3.44. The summed E-state index contributed by atoms with van der Waals surface area (Å²) in [6.07, 6.45) is 0. The fourth-order valence-electron chi connectivity index (χ4n) is 1.94. The predicted molar refractivity (Wildman–Crippen MR) is 113 cm³/mol. The van der Waals surface area contributed by atoms with E-state index in [2.05, 4.69) is 50.1 Å². The van der Waals surface area contributed by atoms with E-state index in [4.69, 9.17) is 0 Å².